The molecular weight excluding hydrogens is 230 g/mol. The van der Waals surface area contributed by atoms with Gasteiger partial charge in [0.05, 0.1) is 31.3 Å². The first-order valence-electron chi connectivity index (χ1n) is 5.61. The van der Waals surface area contributed by atoms with Crippen LogP contribution in [0.1, 0.15) is 5.69 Å². The Balaban J connectivity index is 2.48. The maximum atomic E-state index is 5.81. The van der Waals surface area contributed by atoms with E-state index in [0.717, 1.165) is 16.8 Å². The van der Waals surface area contributed by atoms with Crippen LogP contribution in [0.25, 0.3) is 11.1 Å². The monoisotopic (exact) mass is 247 g/mol. The fourth-order valence-electron chi connectivity index (χ4n) is 1.89. The molecule has 0 unspecified atom stereocenters. The molecule has 2 N–H and O–H groups in total. The van der Waals surface area contributed by atoms with Gasteiger partial charge in [-0.1, -0.05) is 6.07 Å². The highest BCUT2D eigenvalue weighted by atomic mass is 16.5. The van der Waals surface area contributed by atoms with Crippen molar-refractivity contribution in [2.45, 2.75) is 6.61 Å². The van der Waals surface area contributed by atoms with Crippen LogP contribution in [-0.4, -0.2) is 24.0 Å². The molecule has 0 amide bonds. The van der Waals surface area contributed by atoms with Gasteiger partial charge in [-0.3, -0.25) is 4.68 Å². The first-order valence-corrected chi connectivity index (χ1v) is 5.61. The average molecular weight is 247 g/mol. The Morgan fingerprint density at radius 1 is 1.33 bits per heavy atom. The second-order valence-electron chi connectivity index (χ2n) is 4.02. The summed E-state index contributed by atoms with van der Waals surface area (Å²) in [5.74, 6) is 0.666. The van der Waals surface area contributed by atoms with Crippen molar-refractivity contribution in [3.8, 4) is 16.9 Å². The molecule has 0 fully saturated rings. The van der Waals surface area contributed by atoms with Crippen LogP contribution in [-0.2, 0) is 18.4 Å². The zero-order valence-corrected chi connectivity index (χ0v) is 10.8. The standard InChI is InChI=1S/C13H17N3O2/c1-16-12(8-17-2)10(7-15-16)9-4-5-11(14)13(6-9)18-3/h4-7H,8,14H2,1-3H3. The Bertz CT molecular complexity index is 549. The van der Waals surface area contributed by atoms with Crippen molar-refractivity contribution in [1.29, 1.82) is 0 Å². The number of benzene rings is 1. The quantitative estimate of drug-likeness (QED) is 0.837. The average Bonchev–Trinajstić information content (AvgIpc) is 2.73. The lowest BCUT2D eigenvalue weighted by Crippen LogP contribution is -2.00. The van der Waals surface area contributed by atoms with Crippen LogP contribution in [0.3, 0.4) is 0 Å². The third-order valence-corrected chi connectivity index (χ3v) is 2.89. The van der Waals surface area contributed by atoms with Gasteiger partial charge in [0.15, 0.2) is 0 Å². The molecule has 1 aromatic heterocycles. The fraction of sp³-hybridized carbons (Fsp3) is 0.308. The lowest BCUT2D eigenvalue weighted by molar-refractivity contribution is 0.178. The minimum Gasteiger partial charge on any atom is -0.495 e. The summed E-state index contributed by atoms with van der Waals surface area (Å²) in [7, 11) is 5.17. The molecule has 0 bridgehead atoms. The van der Waals surface area contributed by atoms with E-state index in [9.17, 15) is 0 Å². The number of nitrogens with two attached hydrogens (primary N) is 1. The summed E-state index contributed by atoms with van der Waals surface area (Å²) in [6.45, 7) is 0.512. The predicted molar refractivity (Wildman–Crippen MR) is 70.3 cm³/mol. The molecule has 0 spiro atoms. The first kappa shape index (κ1) is 12.4. The fourth-order valence-corrected chi connectivity index (χ4v) is 1.89. The highest BCUT2D eigenvalue weighted by molar-refractivity contribution is 5.71. The normalized spacial score (nSPS) is 10.6. The van der Waals surface area contributed by atoms with Gasteiger partial charge >= 0.3 is 0 Å². The summed E-state index contributed by atoms with van der Waals surface area (Å²) < 4.78 is 12.2. The Morgan fingerprint density at radius 3 is 2.78 bits per heavy atom. The van der Waals surface area contributed by atoms with Crippen LogP contribution >= 0.6 is 0 Å². The molecule has 0 saturated carbocycles. The lowest BCUT2D eigenvalue weighted by Gasteiger charge is -2.08. The van der Waals surface area contributed by atoms with Gasteiger partial charge in [-0.25, -0.2) is 0 Å². The lowest BCUT2D eigenvalue weighted by atomic mass is 10.1. The number of anilines is 1. The van der Waals surface area contributed by atoms with E-state index in [-0.39, 0.29) is 0 Å². The van der Waals surface area contributed by atoms with Crippen LogP contribution in [0.15, 0.2) is 24.4 Å². The SMILES string of the molecule is COCc1c(-c2ccc(N)c(OC)c2)cnn1C. The van der Waals surface area contributed by atoms with E-state index in [4.69, 9.17) is 15.2 Å². The van der Waals surface area contributed by atoms with Crippen molar-refractivity contribution in [2.75, 3.05) is 20.0 Å². The maximum absolute atomic E-state index is 5.81. The molecule has 18 heavy (non-hydrogen) atoms. The molecule has 0 aliphatic rings. The molecule has 0 atom stereocenters. The molecule has 2 rings (SSSR count). The van der Waals surface area contributed by atoms with Gasteiger partial charge in [0.25, 0.3) is 0 Å². The largest absolute Gasteiger partial charge is 0.495 e. The van der Waals surface area contributed by atoms with E-state index in [1.165, 1.54) is 0 Å². The number of hydrogen-bond acceptors (Lipinski definition) is 4. The molecule has 5 heteroatoms. The number of rotatable bonds is 4. The third kappa shape index (κ3) is 2.17. The van der Waals surface area contributed by atoms with Crippen molar-refractivity contribution in [2.24, 2.45) is 7.05 Å². The van der Waals surface area contributed by atoms with E-state index in [0.29, 0.717) is 18.0 Å². The molecule has 1 heterocycles. The highest BCUT2D eigenvalue weighted by Gasteiger charge is 2.12. The Morgan fingerprint density at radius 2 is 2.11 bits per heavy atom. The Hall–Kier alpha value is -2.01. The Kier molecular flexibility index (Phi) is 3.53. The van der Waals surface area contributed by atoms with Crippen molar-refractivity contribution in [3.63, 3.8) is 0 Å². The summed E-state index contributed by atoms with van der Waals surface area (Å²) in [4.78, 5) is 0. The summed E-state index contributed by atoms with van der Waals surface area (Å²) in [5, 5.41) is 4.25. The van der Waals surface area contributed by atoms with Gasteiger partial charge < -0.3 is 15.2 Å². The number of aromatic nitrogens is 2. The second-order valence-corrected chi connectivity index (χ2v) is 4.02. The summed E-state index contributed by atoms with van der Waals surface area (Å²) >= 11 is 0. The second kappa shape index (κ2) is 5.10. The number of nitrogens with zero attached hydrogens (tertiary/aromatic N) is 2. The number of nitrogen functional groups attached to an aromatic ring is 1. The van der Waals surface area contributed by atoms with Crippen molar-refractivity contribution in [3.05, 3.63) is 30.1 Å². The van der Waals surface area contributed by atoms with E-state index in [1.54, 1.807) is 14.2 Å². The zero-order valence-electron chi connectivity index (χ0n) is 10.8. The number of ether oxygens (including phenoxy) is 2. The first-order chi connectivity index (χ1) is 8.67. The van der Waals surface area contributed by atoms with Gasteiger partial charge in [-0.05, 0) is 17.7 Å². The highest BCUT2D eigenvalue weighted by Crippen LogP contribution is 2.30. The van der Waals surface area contributed by atoms with Crippen LogP contribution in [0.2, 0.25) is 0 Å². The number of methoxy groups -OCH3 is 2. The molecule has 96 valence electrons. The van der Waals surface area contributed by atoms with Crippen LogP contribution in [0.4, 0.5) is 5.69 Å². The molecule has 0 aliphatic carbocycles. The summed E-state index contributed by atoms with van der Waals surface area (Å²) in [6, 6.07) is 5.69. The third-order valence-electron chi connectivity index (χ3n) is 2.89. The molecule has 0 aliphatic heterocycles. The topological polar surface area (TPSA) is 62.3 Å². The molecular formula is C13H17N3O2. The summed E-state index contributed by atoms with van der Waals surface area (Å²) in [6.07, 6.45) is 1.82. The smallest absolute Gasteiger partial charge is 0.142 e. The maximum Gasteiger partial charge on any atom is 0.142 e. The van der Waals surface area contributed by atoms with Crippen LogP contribution < -0.4 is 10.5 Å². The van der Waals surface area contributed by atoms with E-state index >= 15 is 0 Å². The molecule has 0 saturated heterocycles. The minimum atomic E-state index is 0.512. The predicted octanol–water partition coefficient (Wildman–Crippen LogP) is 1.82. The van der Waals surface area contributed by atoms with Gasteiger partial charge in [0.1, 0.15) is 5.75 Å². The molecule has 0 radical (unpaired) electrons. The van der Waals surface area contributed by atoms with Crippen LogP contribution in [0, 0.1) is 0 Å². The minimum absolute atomic E-state index is 0.512. The van der Waals surface area contributed by atoms with Gasteiger partial charge in [0, 0.05) is 19.7 Å². The van der Waals surface area contributed by atoms with E-state index in [2.05, 4.69) is 5.10 Å². The molecule has 1 aromatic carbocycles. The van der Waals surface area contributed by atoms with E-state index in [1.807, 2.05) is 36.1 Å². The van der Waals surface area contributed by atoms with Crippen molar-refractivity contribution in [1.82, 2.24) is 9.78 Å². The van der Waals surface area contributed by atoms with Crippen LogP contribution in [0.5, 0.6) is 5.75 Å². The number of hydrogen-bond donors (Lipinski definition) is 1. The number of aryl methyl sites for hydroxylation is 1. The molecule has 2 aromatic rings. The van der Waals surface area contributed by atoms with E-state index < -0.39 is 0 Å². The Labute approximate surface area is 106 Å². The van der Waals surface area contributed by atoms with Crippen molar-refractivity contribution < 1.29 is 9.47 Å². The van der Waals surface area contributed by atoms with Gasteiger partial charge in [-0.15, -0.1) is 0 Å². The van der Waals surface area contributed by atoms with Crippen molar-refractivity contribution >= 4 is 5.69 Å². The zero-order chi connectivity index (χ0) is 13.1. The van der Waals surface area contributed by atoms with Gasteiger partial charge in [0.2, 0.25) is 0 Å². The summed E-state index contributed by atoms with van der Waals surface area (Å²) in [5.41, 5.74) is 9.49. The molecule has 5 nitrogen and oxygen atoms in total. The van der Waals surface area contributed by atoms with Gasteiger partial charge in [-0.2, -0.15) is 5.10 Å².